The second kappa shape index (κ2) is 11.0. The van der Waals surface area contributed by atoms with Crippen LogP contribution in [0.1, 0.15) is 56.1 Å². The Morgan fingerprint density at radius 1 is 1.05 bits per heavy atom. The molecule has 4 aliphatic rings. The Hall–Kier alpha value is -3.19. The Kier molecular flexibility index (Phi) is 7.38. The van der Waals surface area contributed by atoms with Crippen LogP contribution in [0.15, 0.2) is 30.6 Å². The summed E-state index contributed by atoms with van der Waals surface area (Å²) in [7, 11) is -0.496. The summed E-state index contributed by atoms with van der Waals surface area (Å²) in [5, 5.41) is 6.23. The van der Waals surface area contributed by atoms with E-state index in [0.717, 1.165) is 44.6 Å². The Bertz CT molecular complexity index is 1730. The highest BCUT2D eigenvalue weighted by atomic mass is 32.2. The SMILES string of the molecule is COC1CC2(C1)C(=O)N(C)c1cnc3cc(F)c(-c4cnc(N5CCC(N6CCCCC6)CC5)c(CS(N)(=O)=O)c4)cc3c12. The van der Waals surface area contributed by atoms with Gasteiger partial charge in [0.15, 0.2) is 0 Å². The van der Waals surface area contributed by atoms with E-state index in [0.29, 0.717) is 52.4 Å². The number of methoxy groups -OCH3 is 1. The van der Waals surface area contributed by atoms with E-state index in [1.54, 1.807) is 43.6 Å². The van der Waals surface area contributed by atoms with E-state index in [4.69, 9.17) is 14.9 Å². The molecule has 2 saturated heterocycles. The first-order valence-electron chi connectivity index (χ1n) is 15.5. The molecule has 10 nitrogen and oxygen atoms in total. The van der Waals surface area contributed by atoms with Crippen LogP contribution in [-0.4, -0.2) is 81.7 Å². The number of pyridine rings is 2. The molecule has 0 atom stereocenters. The Morgan fingerprint density at radius 3 is 2.45 bits per heavy atom. The summed E-state index contributed by atoms with van der Waals surface area (Å²) in [4.78, 5) is 29.0. The number of ether oxygens (including phenoxy) is 1. The second-order valence-electron chi connectivity index (χ2n) is 12.9. The van der Waals surface area contributed by atoms with Gasteiger partial charge in [-0.2, -0.15) is 0 Å². The standard InChI is InChI=1S/C32H39FN6O4S/c1-37-28-18-35-27-14-26(33)24(13-25(27)29(28)32(31(37)40)15-23(16-32)43-2)20-12-21(19-44(34,41)42)30(36-17-20)39-10-6-22(7-11-39)38-8-4-3-5-9-38/h12-14,17-18,22-23H,3-11,15-16,19H2,1-2H3,(H2,34,41,42). The quantitative estimate of drug-likeness (QED) is 0.442. The van der Waals surface area contributed by atoms with Gasteiger partial charge in [-0.25, -0.2) is 22.9 Å². The molecule has 0 bridgehead atoms. The van der Waals surface area contributed by atoms with Crippen LogP contribution < -0.4 is 14.9 Å². The third-order valence-corrected chi connectivity index (χ3v) is 11.0. The summed E-state index contributed by atoms with van der Waals surface area (Å²) in [6.45, 7) is 3.81. The van der Waals surface area contributed by atoms with Gasteiger partial charge in [0.1, 0.15) is 11.6 Å². The number of halogens is 1. The zero-order valence-corrected chi connectivity index (χ0v) is 26.1. The number of hydrogen-bond donors (Lipinski definition) is 1. The predicted octanol–water partition coefficient (Wildman–Crippen LogP) is 3.70. The predicted molar refractivity (Wildman–Crippen MR) is 168 cm³/mol. The summed E-state index contributed by atoms with van der Waals surface area (Å²) in [6, 6.07) is 5.33. The fourth-order valence-corrected chi connectivity index (χ4v) is 8.61. The highest BCUT2D eigenvalue weighted by Crippen LogP contribution is 2.56. The third kappa shape index (κ3) is 4.96. The number of carbonyl (C=O) groups is 1. The van der Waals surface area contributed by atoms with Crippen LogP contribution in [0.5, 0.6) is 0 Å². The minimum Gasteiger partial charge on any atom is -0.381 e. The topological polar surface area (TPSA) is 122 Å². The van der Waals surface area contributed by atoms with Crippen molar-refractivity contribution < 1.29 is 22.3 Å². The molecule has 3 fully saturated rings. The number of amides is 1. The van der Waals surface area contributed by atoms with E-state index in [1.165, 1.54) is 25.3 Å². The van der Waals surface area contributed by atoms with Crippen molar-refractivity contribution in [2.75, 3.05) is 50.1 Å². The van der Waals surface area contributed by atoms with Crippen LogP contribution in [0.2, 0.25) is 0 Å². The van der Waals surface area contributed by atoms with Gasteiger partial charge in [-0.3, -0.25) is 9.78 Å². The first kappa shape index (κ1) is 29.5. The summed E-state index contributed by atoms with van der Waals surface area (Å²) in [5.41, 5.74) is 2.45. The molecular formula is C32H39FN6O4S. The van der Waals surface area contributed by atoms with Crippen LogP contribution in [0.25, 0.3) is 22.0 Å². The van der Waals surface area contributed by atoms with E-state index in [2.05, 4.69) is 14.8 Å². The van der Waals surface area contributed by atoms with Gasteiger partial charge in [0.2, 0.25) is 15.9 Å². The summed E-state index contributed by atoms with van der Waals surface area (Å²) >= 11 is 0. The van der Waals surface area contributed by atoms with Crippen molar-refractivity contribution in [3.05, 3.63) is 47.5 Å². The minimum absolute atomic E-state index is 0.00788. The molecule has 1 spiro atoms. The molecule has 12 heteroatoms. The van der Waals surface area contributed by atoms with Crippen LogP contribution >= 0.6 is 0 Å². The Balaban J connectivity index is 1.26. The van der Waals surface area contributed by atoms with Crippen molar-refractivity contribution >= 4 is 38.3 Å². The molecule has 234 valence electrons. The summed E-state index contributed by atoms with van der Waals surface area (Å²) < 4.78 is 45.9. The number of fused-ring (bicyclic) bond motifs is 4. The number of piperidine rings is 2. The van der Waals surface area contributed by atoms with E-state index < -0.39 is 27.0 Å². The maximum absolute atomic E-state index is 15.7. The molecule has 3 aliphatic heterocycles. The van der Waals surface area contributed by atoms with Gasteiger partial charge in [-0.1, -0.05) is 6.42 Å². The number of nitrogens with zero attached hydrogens (tertiary/aromatic N) is 5. The zero-order chi connectivity index (χ0) is 30.8. The van der Waals surface area contributed by atoms with Gasteiger partial charge < -0.3 is 19.4 Å². The van der Waals surface area contributed by atoms with E-state index in [9.17, 15) is 13.2 Å². The van der Waals surface area contributed by atoms with Crippen LogP contribution in [0.3, 0.4) is 0 Å². The summed E-state index contributed by atoms with van der Waals surface area (Å²) in [5.74, 6) is -0.331. The number of nitrogens with two attached hydrogens (primary N) is 1. The zero-order valence-electron chi connectivity index (χ0n) is 25.3. The van der Waals surface area contributed by atoms with Crippen LogP contribution in [0.4, 0.5) is 15.9 Å². The Morgan fingerprint density at radius 2 is 1.77 bits per heavy atom. The first-order chi connectivity index (χ1) is 21.1. The second-order valence-corrected chi connectivity index (χ2v) is 14.5. The smallest absolute Gasteiger partial charge is 0.237 e. The number of carbonyl (C=O) groups excluding carboxylic acids is 1. The highest BCUT2D eigenvalue weighted by molar-refractivity contribution is 7.88. The number of anilines is 2. The lowest BCUT2D eigenvalue weighted by Crippen LogP contribution is -2.51. The molecule has 1 amide bonds. The third-order valence-electron chi connectivity index (χ3n) is 10.3. The van der Waals surface area contributed by atoms with Crippen molar-refractivity contribution in [1.82, 2.24) is 14.9 Å². The molecule has 0 radical (unpaired) electrons. The number of likely N-dealkylation sites (tertiary alicyclic amines) is 1. The maximum atomic E-state index is 15.7. The molecule has 2 N–H and O–H groups in total. The summed E-state index contributed by atoms with van der Waals surface area (Å²) in [6.07, 6.45) is 10.1. The van der Waals surface area contributed by atoms with Gasteiger partial charge >= 0.3 is 0 Å². The largest absolute Gasteiger partial charge is 0.381 e. The average molecular weight is 623 g/mol. The van der Waals surface area contributed by atoms with Gasteiger partial charge in [0, 0.05) is 73.2 Å². The number of primary sulfonamides is 1. The fourth-order valence-electron chi connectivity index (χ4n) is 7.97. The highest BCUT2D eigenvalue weighted by Gasteiger charge is 2.58. The van der Waals surface area contributed by atoms with Gasteiger partial charge in [0.05, 0.1) is 34.7 Å². The minimum atomic E-state index is -3.88. The lowest BCUT2D eigenvalue weighted by Gasteiger charge is -2.43. The molecule has 1 aromatic carbocycles. The first-order valence-corrected chi connectivity index (χ1v) is 17.2. The molecular weight excluding hydrogens is 583 g/mol. The molecule has 0 unspecified atom stereocenters. The molecule has 44 heavy (non-hydrogen) atoms. The molecule has 3 aromatic rings. The molecule has 1 aliphatic carbocycles. The van der Waals surface area contributed by atoms with Crippen LogP contribution in [-0.2, 0) is 30.7 Å². The number of aromatic nitrogens is 2. The molecule has 7 rings (SSSR count). The Labute approximate surface area is 257 Å². The van der Waals surface area contributed by atoms with Gasteiger partial charge in [-0.05, 0) is 63.7 Å². The number of likely N-dealkylation sites (N-methyl/N-ethyl adjacent to an activating group) is 1. The van der Waals surface area contributed by atoms with E-state index in [-0.39, 0.29) is 17.6 Å². The molecule has 5 heterocycles. The lowest BCUT2D eigenvalue weighted by molar-refractivity contribution is -0.131. The monoisotopic (exact) mass is 622 g/mol. The maximum Gasteiger partial charge on any atom is 0.237 e. The van der Waals surface area contributed by atoms with E-state index >= 15 is 4.39 Å². The number of benzene rings is 1. The van der Waals surface area contributed by atoms with Crippen molar-refractivity contribution in [3.8, 4) is 11.1 Å². The van der Waals surface area contributed by atoms with Crippen molar-refractivity contribution in [2.45, 2.75) is 68.3 Å². The van der Waals surface area contributed by atoms with Gasteiger partial charge in [0.25, 0.3) is 0 Å². The number of hydrogen-bond acceptors (Lipinski definition) is 8. The lowest BCUT2D eigenvalue weighted by atomic mass is 9.62. The number of sulfonamides is 1. The van der Waals surface area contributed by atoms with Gasteiger partial charge in [-0.15, -0.1) is 0 Å². The molecule has 1 saturated carbocycles. The van der Waals surface area contributed by atoms with Crippen LogP contribution in [0, 0.1) is 5.82 Å². The molecule has 2 aromatic heterocycles. The normalized spacial score (nSPS) is 24.7. The average Bonchev–Trinajstić information content (AvgIpc) is 3.22. The number of rotatable bonds is 6. The van der Waals surface area contributed by atoms with Crippen molar-refractivity contribution in [1.29, 1.82) is 0 Å². The van der Waals surface area contributed by atoms with Crippen molar-refractivity contribution in [3.63, 3.8) is 0 Å². The van der Waals surface area contributed by atoms with Crippen molar-refractivity contribution in [2.24, 2.45) is 5.14 Å². The van der Waals surface area contributed by atoms with E-state index in [1.807, 2.05) is 0 Å². The fraction of sp³-hybridized carbons (Fsp3) is 0.531.